The van der Waals surface area contributed by atoms with Gasteiger partial charge >= 0.3 is 0 Å². The van der Waals surface area contributed by atoms with Crippen LogP contribution in [0.1, 0.15) is 25.7 Å². The van der Waals surface area contributed by atoms with Gasteiger partial charge in [0.2, 0.25) is 0 Å². The summed E-state index contributed by atoms with van der Waals surface area (Å²) in [6.07, 6.45) is 8.34. The fraction of sp³-hybridized carbons (Fsp3) is 0.571. The summed E-state index contributed by atoms with van der Waals surface area (Å²) in [7, 11) is 0. The van der Waals surface area contributed by atoms with Crippen LogP contribution >= 0.6 is 0 Å². The smallest absolute Gasteiger partial charge is 0.157 e. The predicted molar refractivity (Wildman–Crippen MR) is 77.7 cm³/mol. The van der Waals surface area contributed by atoms with Crippen molar-refractivity contribution in [2.75, 3.05) is 18.5 Å². The average molecular weight is 275 g/mol. The van der Waals surface area contributed by atoms with Gasteiger partial charge in [-0.15, -0.1) is 0 Å². The van der Waals surface area contributed by atoms with E-state index in [2.05, 4.69) is 15.4 Å². The molecule has 2 aromatic heterocycles. The molecule has 1 fully saturated rings. The molecular weight excluding hydrogens is 254 g/mol. The Morgan fingerprint density at radius 2 is 2.15 bits per heavy atom. The van der Waals surface area contributed by atoms with Crippen molar-refractivity contribution in [3.05, 3.63) is 24.5 Å². The Bertz CT molecular complexity index is 547. The molecule has 0 atom stereocenters. The van der Waals surface area contributed by atoms with Gasteiger partial charge in [-0.25, -0.2) is 9.50 Å². The van der Waals surface area contributed by atoms with Crippen LogP contribution in [0.25, 0.3) is 5.65 Å². The summed E-state index contributed by atoms with van der Waals surface area (Å²) in [6, 6.07) is 4.17. The summed E-state index contributed by atoms with van der Waals surface area (Å²) in [5.74, 6) is 0.854. The Kier molecular flexibility index (Phi) is 4.13. The minimum atomic E-state index is 0.375. The predicted octanol–water partition coefficient (Wildman–Crippen LogP) is 1.43. The Hall–Kier alpha value is -1.66. The Labute approximate surface area is 118 Å². The highest BCUT2D eigenvalue weighted by molar-refractivity contribution is 5.45. The van der Waals surface area contributed by atoms with Gasteiger partial charge < -0.3 is 15.8 Å². The molecule has 0 bridgehead atoms. The number of fused-ring (bicyclic) bond motifs is 1. The topological polar surface area (TPSA) is 77.5 Å². The molecule has 0 unspecified atom stereocenters. The molecule has 20 heavy (non-hydrogen) atoms. The Morgan fingerprint density at radius 1 is 1.30 bits per heavy atom. The van der Waals surface area contributed by atoms with E-state index in [-0.39, 0.29) is 0 Å². The number of aromatic nitrogens is 3. The molecule has 1 saturated carbocycles. The zero-order valence-electron chi connectivity index (χ0n) is 11.5. The first kappa shape index (κ1) is 13.3. The monoisotopic (exact) mass is 275 g/mol. The fourth-order valence-corrected chi connectivity index (χ4v) is 2.57. The quantitative estimate of drug-likeness (QED) is 0.807. The zero-order valence-corrected chi connectivity index (χ0v) is 11.5. The van der Waals surface area contributed by atoms with Crippen LogP contribution in [0, 0.1) is 0 Å². The number of anilines is 1. The molecule has 3 rings (SSSR count). The zero-order chi connectivity index (χ0) is 13.8. The average Bonchev–Trinajstić information content (AvgIpc) is 2.93. The van der Waals surface area contributed by atoms with Gasteiger partial charge in [0.05, 0.1) is 18.9 Å². The maximum Gasteiger partial charge on any atom is 0.157 e. The third-order valence-electron chi connectivity index (χ3n) is 3.74. The minimum absolute atomic E-state index is 0.375. The van der Waals surface area contributed by atoms with Crippen LogP contribution in [0.2, 0.25) is 0 Å². The third-order valence-corrected chi connectivity index (χ3v) is 3.74. The van der Waals surface area contributed by atoms with E-state index in [4.69, 9.17) is 10.5 Å². The molecule has 1 aliphatic carbocycles. The fourth-order valence-electron chi connectivity index (χ4n) is 2.57. The third kappa shape index (κ3) is 3.26. The molecule has 0 spiro atoms. The van der Waals surface area contributed by atoms with Crippen LogP contribution in [0.4, 0.5) is 5.82 Å². The summed E-state index contributed by atoms with van der Waals surface area (Å²) in [5, 5.41) is 7.39. The first-order valence-corrected chi connectivity index (χ1v) is 7.23. The molecule has 0 aliphatic heterocycles. The number of hydrogen-bond acceptors (Lipinski definition) is 5. The normalized spacial score (nSPS) is 23.1. The first-order valence-electron chi connectivity index (χ1n) is 7.23. The van der Waals surface area contributed by atoms with Crippen molar-refractivity contribution in [3.63, 3.8) is 0 Å². The molecule has 0 aromatic carbocycles. The molecule has 0 amide bonds. The largest absolute Gasteiger partial charge is 0.376 e. The maximum absolute atomic E-state index is 5.88. The Morgan fingerprint density at radius 3 is 3.00 bits per heavy atom. The van der Waals surface area contributed by atoms with E-state index < -0.39 is 0 Å². The van der Waals surface area contributed by atoms with E-state index in [1.54, 1.807) is 10.7 Å². The highest BCUT2D eigenvalue weighted by atomic mass is 16.5. The number of ether oxygens (including phenoxy) is 1. The molecule has 3 N–H and O–H groups in total. The second kappa shape index (κ2) is 6.19. The lowest BCUT2D eigenvalue weighted by atomic mass is 9.94. The Balaban J connectivity index is 1.41. The molecule has 108 valence electrons. The van der Waals surface area contributed by atoms with E-state index in [0.29, 0.717) is 18.8 Å². The van der Waals surface area contributed by atoms with Gasteiger partial charge in [-0.3, -0.25) is 0 Å². The molecule has 1 aliphatic rings. The van der Waals surface area contributed by atoms with Crippen molar-refractivity contribution < 1.29 is 4.74 Å². The molecule has 2 heterocycles. The van der Waals surface area contributed by atoms with Gasteiger partial charge in [0.1, 0.15) is 5.82 Å². The molecule has 2 aromatic rings. The lowest BCUT2D eigenvalue weighted by molar-refractivity contribution is 0.0313. The molecule has 6 heteroatoms. The SMILES string of the molecule is NC1CCC(OCCNc2ccn3nccc3n2)CC1. The van der Waals surface area contributed by atoms with Gasteiger partial charge in [0, 0.05) is 24.8 Å². The highest BCUT2D eigenvalue weighted by Crippen LogP contribution is 2.19. The van der Waals surface area contributed by atoms with E-state index in [1.165, 1.54) is 0 Å². The number of nitrogens with one attached hydrogen (secondary N) is 1. The lowest BCUT2D eigenvalue weighted by Crippen LogP contribution is -2.31. The number of nitrogens with zero attached hydrogens (tertiary/aromatic N) is 3. The molecule has 0 saturated heterocycles. The maximum atomic E-state index is 5.88. The van der Waals surface area contributed by atoms with Crippen molar-refractivity contribution in [1.82, 2.24) is 14.6 Å². The molecule has 0 radical (unpaired) electrons. The van der Waals surface area contributed by atoms with Gasteiger partial charge in [0.25, 0.3) is 0 Å². The number of hydrogen-bond donors (Lipinski definition) is 2. The lowest BCUT2D eigenvalue weighted by Gasteiger charge is -2.26. The molecular formula is C14H21N5O. The van der Waals surface area contributed by atoms with Crippen molar-refractivity contribution >= 4 is 11.5 Å². The van der Waals surface area contributed by atoms with Crippen LogP contribution in [0.3, 0.4) is 0 Å². The summed E-state index contributed by atoms with van der Waals surface area (Å²) in [4.78, 5) is 4.45. The number of rotatable bonds is 5. The van der Waals surface area contributed by atoms with E-state index >= 15 is 0 Å². The van der Waals surface area contributed by atoms with Gasteiger partial charge in [-0.2, -0.15) is 5.10 Å². The molecule has 6 nitrogen and oxygen atoms in total. The van der Waals surface area contributed by atoms with E-state index in [1.807, 2.05) is 18.3 Å². The van der Waals surface area contributed by atoms with Crippen LogP contribution < -0.4 is 11.1 Å². The standard InChI is InChI=1S/C14H21N5O/c15-11-1-3-12(4-2-11)20-10-8-16-13-6-9-19-14(18-13)5-7-17-19/h5-7,9,11-12H,1-4,8,10,15H2,(H,16,18). The van der Waals surface area contributed by atoms with E-state index in [9.17, 15) is 0 Å². The summed E-state index contributed by atoms with van der Waals surface area (Å²) in [6.45, 7) is 1.46. The second-order valence-electron chi connectivity index (χ2n) is 5.28. The van der Waals surface area contributed by atoms with Crippen LogP contribution in [-0.2, 0) is 4.74 Å². The van der Waals surface area contributed by atoms with Crippen molar-refractivity contribution in [3.8, 4) is 0 Å². The summed E-state index contributed by atoms with van der Waals surface area (Å²) < 4.78 is 7.61. The van der Waals surface area contributed by atoms with Crippen LogP contribution in [-0.4, -0.2) is 39.9 Å². The van der Waals surface area contributed by atoms with Crippen molar-refractivity contribution in [1.29, 1.82) is 0 Å². The van der Waals surface area contributed by atoms with Crippen molar-refractivity contribution in [2.45, 2.75) is 37.8 Å². The van der Waals surface area contributed by atoms with Gasteiger partial charge in [-0.1, -0.05) is 0 Å². The minimum Gasteiger partial charge on any atom is -0.376 e. The van der Waals surface area contributed by atoms with Crippen molar-refractivity contribution in [2.24, 2.45) is 5.73 Å². The van der Waals surface area contributed by atoms with Gasteiger partial charge in [0.15, 0.2) is 5.65 Å². The second-order valence-corrected chi connectivity index (χ2v) is 5.28. The van der Waals surface area contributed by atoms with Crippen LogP contribution in [0.5, 0.6) is 0 Å². The van der Waals surface area contributed by atoms with Gasteiger partial charge in [-0.05, 0) is 31.7 Å². The summed E-state index contributed by atoms with van der Waals surface area (Å²) in [5.41, 5.74) is 6.73. The first-order chi connectivity index (χ1) is 9.81. The summed E-state index contributed by atoms with van der Waals surface area (Å²) >= 11 is 0. The van der Waals surface area contributed by atoms with Crippen LogP contribution in [0.15, 0.2) is 24.5 Å². The highest BCUT2D eigenvalue weighted by Gasteiger charge is 2.18. The number of nitrogens with two attached hydrogens (primary N) is 1. The van der Waals surface area contributed by atoms with E-state index in [0.717, 1.165) is 43.7 Å².